The first-order valence-electron chi connectivity index (χ1n) is 7.57. The van der Waals surface area contributed by atoms with Crippen molar-refractivity contribution in [2.24, 2.45) is 5.92 Å². The minimum Gasteiger partial charge on any atom is -0.372 e. The number of nitrogens with one attached hydrogen (secondary N) is 1. The zero-order valence-electron chi connectivity index (χ0n) is 12.9. The molecule has 0 unspecified atom stereocenters. The van der Waals surface area contributed by atoms with Crippen LogP contribution in [0.3, 0.4) is 0 Å². The molecule has 1 aromatic heterocycles. The van der Waals surface area contributed by atoms with Crippen LogP contribution in [0.5, 0.6) is 0 Å². The lowest BCUT2D eigenvalue weighted by molar-refractivity contribution is 0.000901. The molecule has 5 heteroatoms. The highest BCUT2D eigenvalue weighted by atomic mass is 32.1. The summed E-state index contributed by atoms with van der Waals surface area (Å²) in [6.45, 7) is 9.30. The number of hydrogen-bond acceptors (Lipinski definition) is 5. The molecule has 1 fully saturated rings. The van der Waals surface area contributed by atoms with Crippen molar-refractivity contribution in [3.8, 4) is 0 Å². The lowest BCUT2D eigenvalue weighted by atomic mass is 10.1. The van der Waals surface area contributed by atoms with Crippen LogP contribution in [-0.4, -0.2) is 42.7 Å². The summed E-state index contributed by atoms with van der Waals surface area (Å²) in [7, 11) is 2.17. The summed E-state index contributed by atoms with van der Waals surface area (Å²) >= 11 is 1.73. The maximum atomic E-state index is 5.97. The molecule has 114 valence electrons. The molecule has 0 atom stereocenters. The normalized spacial score (nSPS) is 18.0. The standard InChI is InChI=1S/C15H27N3OS/c1-12(2)8-16-9-15-17-13(11-20-15)10-19-14-4-6-18(3)7-5-14/h11-12,14,16H,4-10H2,1-3H3. The molecule has 20 heavy (non-hydrogen) atoms. The van der Waals surface area contributed by atoms with E-state index in [-0.39, 0.29) is 0 Å². The van der Waals surface area contributed by atoms with E-state index in [1.165, 1.54) is 0 Å². The third-order valence-electron chi connectivity index (χ3n) is 3.56. The first kappa shape index (κ1) is 15.9. The molecule has 0 amide bonds. The highest BCUT2D eigenvalue weighted by Crippen LogP contribution is 2.16. The first-order chi connectivity index (χ1) is 9.63. The molecule has 0 radical (unpaired) electrons. The second-order valence-corrected chi connectivity index (χ2v) is 7.01. The Morgan fingerprint density at radius 1 is 1.45 bits per heavy atom. The van der Waals surface area contributed by atoms with Gasteiger partial charge in [-0.15, -0.1) is 11.3 Å². The van der Waals surface area contributed by atoms with E-state index in [0.717, 1.165) is 49.7 Å². The second-order valence-electron chi connectivity index (χ2n) is 6.07. The molecule has 0 aromatic carbocycles. The van der Waals surface area contributed by atoms with Crippen molar-refractivity contribution in [3.63, 3.8) is 0 Å². The number of thiazole rings is 1. The maximum Gasteiger partial charge on any atom is 0.107 e. The maximum absolute atomic E-state index is 5.97. The van der Waals surface area contributed by atoms with Crippen molar-refractivity contribution in [1.29, 1.82) is 0 Å². The Hall–Kier alpha value is -0.490. The zero-order chi connectivity index (χ0) is 14.4. The molecule has 0 bridgehead atoms. The number of piperidine rings is 1. The second kappa shape index (κ2) is 8.08. The lowest BCUT2D eigenvalue weighted by Crippen LogP contribution is -2.34. The minimum absolute atomic E-state index is 0.412. The smallest absolute Gasteiger partial charge is 0.107 e. The number of ether oxygens (including phenoxy) is 1. The predicted molar refractivity (Wildman–Crippen MR) is 84.0 cm³/mol. The van der Waals surface area contributed by atoms with Gasteiger partial charge in [-0.1, -0.05) is 13.8 Å². The average Bonchev–Trinajstić information content (AvgIpc) is 2.86. The Bertz CT molecular complexity index is 386. The summed E-state index contributed by atoms with van der Waals surface area (Å²) in [6.07, 6.45) is 2.70. The third kappa shape index (κ3) is 5.48. The summed E-state index contributed by atoms with van der Waals surface area (Å²) in [5, 5.41) is 6.71. The fourth-order valence-corrected chi connectivity index (χ4v) is 3.07. The monoisotopic (exact) mass is 297 g/mol. The Kier molecular flexibility index (Phi) is 6.42. The Labute approximate surface area is 126 Å². The molecule has 1 saturated heterocycles. The Morgan fingerprint density at radius 2 is 2.20 bits per heavy atom. The number of aromatic nitrogens is 1. The molecule has 1 aliphatic rings. The summed E-state index contributed by atoms with van der Waals surface area (Å²) in [5.41, 5.74) is 1.08. The molecule has 0 spiro atoms. The first-order valence-corrected chi connectivity index (χ1v) is 8.45. The van der Waals surface area contributed by atoms with Crippen LogP contribution >= 0.6 is 11.3 Å². The summed E-state index contributed by atoms with van der Waals surface area (Å²) < 4.78 is 5.97. The molecule has 1 N–H and O–H groups in total. The van der Waals surface area contributed by atoms with E-state index in [2.05, 4.69) is 41.5 Å². The topological polar surface area (TPSA) is 37.4 Å². The van der Waals surface area contributed by atoms with E-state index in [4.69, 9.17) is 4.74 Å². The molecule has 1 aromatic rings. The Morgan fingerprint density at radius 3 is 2.90 bits per heavy atom. The third-order valence-corrected chi connectivity index (χ3v) is 4.46. The van der Waals surface area contributed by atoms with Gasteiger partial charge in [-0.05, 0) is 32.4 Å². The number of hydrogen-bond donors (Lipinski definition) is 1. The molecule has 0 aliphatic carbocycles. The van der Waals surface area contributed by atoms with Crippen molar-refractivity contribution >= 4 is 11.3 Å². The predicted octanol–water partition coefficient (Wildman–Crippen LogP) is 2.50. The SMILES string of the molecule is CC(C)CNCc1nc(COC2CCN(C)CC2)cs1. The fraction of sp³-hybridized carbons (Fsp3) is 0.800. The van der Waals surface area contributed by atoms with Crippen molar-refractivity contribution in [2.45, 2.75) is 45.9 Å². The minimum atomic E-state index is 0.412. The van der Waals surface area contributed by atoms with Crippen LogP contribution in [0.1, 0.15) is 37.4 Å². The molecule has 1 aliphatic heterocycles. The van der Waals surface area contributed by atoms with Crippen molar-refractivity contribution in [2.75, 3.05) is 26.7 Å². The summed E-state index contributed by atoms with van der Waals surface area (Å²) in [5.74, 6) is 0.683. The van der Waals surface area contributed by atoms with E-state index in [9.17, 15) is 0 Å². The molecule has 0 saturated carbocycles. The van der Waals surface area contributed by atoms with Gasteiger partial charge < -0.3 is 15.0 Å². The summed E-state index contributed by atoms with van der Waals surface area (Å²) in [6, 6.07) is 0. The van der Waals surface area contributed by atoms with E-state index in [1.54, 1.807) is 11.3 Å². The molecular weight excluding hydrogens is 270 g/mol. The molecule has 2 rings (SSSR count). The molecule has 4 nitrogen and oxygen atoms in total. The van der Waals surface area contributed by atoms with Gasteiger partial charge in [-0.25, -0.2) is 4.98 Å². The van der Waals surface area contributed by atoms with Crippen molar-refractivity contribution < 1.29 is 4.74 Å². The van der Waals surface area contributed by atoms with Crippen molar-refractivity contribution in [1.82, 2.24) is 15.2 Å². The van der Waals surface area contributed by atoms with Crippen LogP contribution < -0.4 is 5.32 Å². The van der Waals surface area contributed by atoms with Crippen LogP contribution in [-0.2, 0) is 17.9 Å². The number of rotatable bonds is 7. The van der Waals surface area contributed by atoms with Crippen molar-refractivity contribution in [3.05, 3.63) is 16.1 Å². The quantitative estimate of drug-likeness (QED) is 0.839. The van der Waals surface area contributed by atoms with Crippen LogP contribution in [0.15, 0.2) is 5.38 Å². The fourth-order valence-electron chi connectivity index (χ4n) is 2.32. The zero-order valence-corrected chi connectivity index (χ0v) is 13.7. The van der Waals surface area contributed by atoms with Gasteiger partial charge in [0.15, 0.2) is 0 Å². The van der Waals surface area contributed by atoms with Gasteiger partial charge in [0.25, 0.3) is 0 Å². The van der Waals surface area contributed by atoms with Gasteiger partial charge in [0.1, 0.15) is 5.01 Å². The van der Waals surface area contributed by atoms with E-state index >= 15 is 0 Å². The Balaban J connectivity index is 1.67. The van der Waals surface area contributed by atoms with Gasteiger partial charge in [-0.3, -0.25) is 0 Å². The van der Waals surface area contributed by atoms with Crippen LogP contribution in [0.25, 0.3) is 0 Å². The van der Waals surface area contributed by atoms with E-state index in [0.29, 0.717) is 18.6 Å². The summed E-state index contributed by atoms with van der Waals surface area (Å²) in [4.78, 5) is 6.99. The van der Waals surface area contributed by atoms with Gasteiger partial charge in [0, 0.05) is 25.0 Å². The number of nitrogens with zero attached hydrogens (tertiary/aromatic N) is 2. The lowest BCUT2D eigenvalue weighted by Gasteiger charge is -2.28. The number of likely N-dealkylation sites (tertiary alicyclic amines) is 1. The molecular formula is C15H27N3OS. The average molecular weight is 297 g/mol. The van der Waals surface area contributed by atoms with E-state index in [1.807, 2.05) is 0 Å². The van der Waals surface area contributed by atoms with E-state index < -0.39 is 0 Å². The highest BCUT2D eigenvalue weighted by molar-refractivity contribution is 7.09. The van der Waals surface area contributed by atoms with Crippen LogP contribution in [0.4, 0.5) is 0 Å². The van der Waals surface area contributed by atoms with Crippen LogP contribution in [0, 0.1) is 5.92 Å². The molecule has 2 heterocycles. The highest BCUT2D eigenvalue weighted by Gasteiger charge is 2.17. The van der Waals surface area contributed by atoms with Crippen LogP contribution in [0.2, 0.25) is 0 Å². The van der Waals surface area contributed by atoms with Gasteiger partial charge in [0.05, 0.1) is 18.4 Å². The van der Waals surface area contributed by atoms with Gasteiger partial charge in [-0.2, -0.15) is 0 Å². The largest absolute Gasteiger partial charge is 0.372 e. The van der Waals surface area contributed by atoms with Gasteiger partial charge >= 0.3 is 0 Å². The van der Waals surface area contributed by atoms with Gasteiger partial charge in [0.2, 0.25) is 0 Å².